The Morgan fingerprint density at radius 2 is 1.14 bits per heavy atom. The van der Waals surface area contributed by atoms with E-state index >= 15 is 0 Å². The number of benzene rings is 11. The molecule has 0 aliphatic heterocycles. The van der Waals surface area contributed by atoms with Crippen molar-refractivity contribution in [2.45, 2.75) is 71.1 Å². The molecular formula is C83H68N4OPtSi-2. The molecular weight excluding hydrogens is 1290 g/mol. The van der Waals surface area contributed by atoms with Crippen molar-refractivity contribution in [2.24, 2.45) is 0 Å². The molecule has 0 bridgehead atoms. The molecule has 5 nitrogen and oxygen atoms in total. The zero-order valence-electron chi connectivity index (χ0n) is 73.8. The molecule has 90 heavy (non-hydrogen) atoms. The standard InChI is InChI=1S/C83H68N4OSi.Pt/c1-81(2,3)61-47-48-84-79(52-61)87-75-40-21-20-37-71(75)72-44-43-64(54-77(72)87)88-63-29-23-28-62(53-63)85-56-86(76-46-42-58(51-78(76)85)57-25-12-8-13-26-57)80-69(38-24-39-70(80)60-41-45-73-74(50-60)83(6,7)55-82(73,4)5)59-27-22-36-68(49-59)89(65-30-14-9-15-31-65,66-32-16-10-17-33-66)67-34-18-11-19-35-67;/h8-52H,55H2,1-7H3;/q-2;/i8D,9D,10D,11D,12D,13D,14D,15D,16D,17D,18D,19D,22D,25D,26D,27D,30D,31D,32D,33D,34D,35D,36D,49D;. The maximum atomic E-state index is 11.1. The minimum absolute atomic E-state index is 0. The van der Waals surface area contributed by atoms with E-state index in [2.05, 4.69) is 66.9 Å². The summed E-state index contributed by atoms with van der Waals surface area (Å²) in [6.45, 7) is 14.9. The molecule has 3 aromatic heterocycles. The first-order valence-corrected chi connectivity index (χ1v) is 31.0. The zero-order chi connectivity index (χ0) is 81.5. The van der Waals surface area contributed by atoms with Crippen molar-refractivity contribution in [3.05, 3.63) is 308 Å². The Labute approximate surface area is 577 Å². The average molecular weight is 1380 g/mol. The van der Waals surface area contributed by atoms with Crippen LogP contribution in [0.25, 0.3) is 83.4 Å². The predicted octanol–water partition coefficient (Wildman–Crippen LogP) is 17.2. The van der Waals surface area contributed by atoms with Crippen LogP contribution in [-0.4, -0.2) is 22.2 Å². The molecule has 1 aliphatic rings. The maximum absolute atomic E-state index is 11.1. The number of nitrogens with zero attached hydrogens (tertiary/aromatic N) is 4. The molecule has 0 atom stereocenters. The first-order chi connectivity index (χ1) is 53.2. The third-order valence-corrected chi connectivity index (χ3v) is 20.9. The summed E-state index contributed by atoms with van der Waals surface area (Å²) >= 11 is 0. The molecule has 0 fully saturated rings. The summed E-state index contributed by atoms with van der Waals surface area (Å²) in [5.41, 5.74) is 4.52. The van der Waals surface area contributed by atoms with Gasteiger partial charge in [0.2, 0.25) is 0 Å². The molecule has 1 aliphatic carbocycles. The van der Waals surface area contributed by atoms with E-state index in [0.717, 1.165) is 39.4 Å². The van der Waals surface area contributed by atoms with Crippen molar-refractivity contribution in [3.63, 3.8) is 0 Å². The van der Waals surface area contributed by atoms with Gasteiger partial charge in [0.1, 0.15) is 5.82 Å². The van der Waals surface area contributed by atoms with Gasteiger partial charge in [-0.3, -0.25) is 4.57 Å². The molecule has 0 saturated heterocycles. The normalized spacial score (nSPS) is 17.3. The molecule has 0 spiro atoms. The van der Waals surface area contributed by atoms with Gasteiger partial charge < -0.3 is 13.9 Å². The Hall–Kier alpha value is -9.45. The van der Waals surface area contributed by atoms with Gasteiger partial charge in [-0.1, -0.05) is 266 Å². The van der Waals surface area contributed by atoms with Crippen LogP contribution in [0.5, 0.6) is 11.5 Å². The summed E-state index contributed by atoms with van der Waals surface area (Å²) in [5.74, 6) is 1.10. The van der Waals surface area contributed by atoms with Crippen LogP contribution in [0.15, 0.2) is 273 Å². The summed E-state index contributed by atoms with van der Waals surface area (Å²) in [6, 6.07) is 19.6. The molecule has 0 radical (unpaired) electrons. The van der Waals surface area contributed by atoms with Crippen LogP contribution in [0, 0.1) is 18.5 Å². The number of imidazole rings is 1. The van der Waals surface area contributed by atoms with Crippen molar-refractivity contribution in [1.29, 1.82) is 0 Å². The second-order valence-corrected chi connectivity index (χ2v) is 28.0. The van der Waals surface area contributed by atoms with Gasteiger partial charge in [0.15, 0.2) is 8.07 Å². The third kappa shape index (κ3) is 10.1. The topological polar surface area (TPSA) is 35.9 Å². The van der Waals surface area contributed by atoms with E-state index in [4.69, 9.17) is 17.9 Å². The Balaban J connectivity index is 0.0000108. The second-order valence-electron chi connectivity index (χ2n) is 24.5. The monoisotopic (exact) mass is 1380 g/mol. The van der Waals surface area contributed by atoms with Gasteiger partial charge in [-0.05, 0) is 129 Å². The van der Waals surface area contributed by atoms with Crippen LogP contribution < -0.4 is 30.1 Å². The fraction of sp³-hybridized carbons (Fsp3) is 0.133. The second kappa shape index (κ2) is 22.9. The van der Waals surface area contributed by atoms with Crippen molar-refractivity contribution in [3.8, 4) is 62.1 Å². The quantitative estimate of drug-likeness (QED) is 0.0529. The molecule has 3 heterocycles. The van der Waals surface area contributed by atoms with Crippen molar-refractivity contribution < 1.29 is 63.3 Å². The minimum Gasteiger partial charge on any atom is -0.510 e. The first-order valence-electron chi connectivity index (χ1n) is 41.0. The van der Waals surface area contributed by atoms with Crippen molar-refractivity contribution >= 4 is 61.7 Å². The maximum Gasteiger partial charge on any atom is 0.268 e. The fourth-order valence-corrected chi connectivity index (χ4v) is 16.6. The number of pyridine rings is 1. The third-order valence-electron chi connectivity index (χ3n) is 16.9. The summed E-state index contributed by atoms with van der Waals surface area (Å²) in [5, 5.41) is -2.17. The van der Waals surface area contributed by atoms with Crippen molar-refractivity contribution in [1.82, 2.24) is 14.1 Å². The fourth-order valence-electron chi connectivity index (χ4n) is 13.0. The average Bonchev–Trinajstić information content (AvgIpc) is 1.01. The molecule has 14 aromatic rings. The number of ether oxygens (including phenoxy) is 1. The van der Waals surface area contributed by atoms with Gasteiger partial charge in [-0.2, -0.15) is 18.2 Å². The Bertz CT molecular complexity index is 6240. The summed E-state index contributed by atoms with van der Waals surface area (Å²) in [4.78, 5) is 4.84. The van der Waals surface area contributed by atoms with Crippen molar-refractivity contribution in [2.75, 3.05) is 0 Å². The van der Waals surface area contributed by atoms with E-state index in [0.29, 0.717) is 22.5 Å². The number of fused-ring (bicyclic) bond motifs is 5. The van der Waals surface area contributed by atoms with E-state index in [-0.39, 0.29) is 82.5 Å². The molecule has 15 rings (SSSR count). The van der Waals surface area contributed by atoms with Gasteiger partial charge in [0, 0.05) is 44.3 Å². The Morgan fingerprint density at radius 3 is 1.84 bits per heavy atom. The first kappa shape index (κ1) is 36.9. The smallest absolute Gasteiger partial charge is 0.268 e. The number of hydrogen-bond acceptors (Lipinski definition) is 2. The molecule has 7 heteroatoms. The van der Waals surface area contributed by atoms with Gasteiger partial charge in [0.05, 0.1) is 49.6 Å². The van der Waals surface area contributed by atoms with Crippen LogP contribution in [0.3, 0.4) is 0 Å². The van der Waals surface area contributed by atoms with Gasteiger partial charge in [-0.25, -0.2) is 4.98 Å². The van der Waals surface area contributed by atoms with Crippen LogP contribution in [0.2, 0.25) is 0 Å². The van der Waals surface area contributed by atoms with E-state index < -0.39 is 185 Å². The van der Waals surface area contributed by atoms with Crippen LogP contribution in [0.4, 0.5) is 0 Å². The number of hydrogen-bond donors (Lipinski definition) is 0. The number of rotatable bonds is 12. The van der Waals surface area contributed by atoms with E-state index in [1.165, 1.54) is 12.1 Å². The number of aromatic nitrogens is 4. The summed E-state index contributed by atoms with van der Waals surface area (Å²) in [7, 11) is -6.36. The predicted molar refractivity (Wildman–Crippen MR) is 369 cm³/mol. The number of para-hydroxylation sites is 2. The van der Waals surface area contributed by atoms with E-state index in [1.807, 2.05) is 65.2 Å². The minimum atomic E-state index is -6.36. The zero-order valence-corrected chi connectivity index (χ0v) is 53.1. The largest absolute Gasteiger partial charge is 0.510 e. The SMILES string of the molecule is [2H]c1c([2H])c([2H])c(-c2ccc3c(c2)n(-c2[c-]c(Oc4[c-]c5c(cc4)c4ccccc4n5-c4cc(C(C)(C)C)ccn4)ccc2)[c-][n+]3-c2c(-c3ccc4c(c3)C(C)(C)CC4(C)C)cccc2-c2c([2H])c([2H])c([2H])c([Si](c3c([2H])c([2H])c([2H])c([2H])c3[2H])(c3c([2H])c([2H])c([2H])c([2H])c3[2H])c3c([2H])c([2H])c([2H])c([2H])c3[2H])c2[2H])c([2H])c1[2H].[Pt]. The van der Waals surface area contributed by atoms with Crippen LogP contribution >= 0.6 is 0 Å². The van der Waals surface area contributed by atoms with Gasteiger partial charge in [0.25, 0.3) is 6.33 Å². The van der Waals surface area contributed by atoms with E-state index in [1.54, 1.807) is 63.9 Å². The molecule has 0 saturated carbocycles. The molecule has 442 valence electrons. The van der Waals surface area contributed by atoms with Gasteiger partial charge in [-0.15, -0.1) is 29.7 Å². The molecule has 0 amide bonds. The van der Waals surface area contributed by atoms with Crippen LogP contribution in [-0.2, 0) is 37.3 Å². The Morgan fingerprint density at radius 1 is 0.533 bits per heavy atom. The van der Waals surface area contributed by atoms with E-state index in [9.17, 15) is 24.7 Å². The molecule has 0 unspecified atom stereocenters. The summed E-state index contributed by atoms with van der Waals surface area (Å²) in [6.07, 6.45) is 6.04. The molecule has 0 N–H and O–H groups in total. The van der Waals surface area contributed by atoms with Crippen LogP contribution in [0.1, 0.15) is 104 Å². The van der Waals surface area contributed by atoms with Gasteiger partial charge >= 0.3 is 0 Å². The molecule has 11 aromatic carbocycles. The summed E-state index contributed by atoms with van der Waals surface area (Å²) < 4.78 is 240. The Kier molecular flexibility index (Phi) is 9.37.